The maximum Gasteiger partial charge on any atom is 0.286 e. The molecule has 1 fully saturated rings. The molecule has 3 rings (SSSR count). The van der Waals surface area contributed by atoms with Crippen LogP contribution in [0, 0.1) is 0 Å². The molecule has 1 aliphatic rings. The molecular formula is C19H25N5O4S. The largest absolute Gasteiger partial charge is 0.379 e. The fourth-order valence-corrected chi connectivity index (χ4v) is 3.42. The van der Waals surface area contributed by atoms with E-state index >= 15 is 0 Å². The summed E-state index contributed by atoms with van der Waals surface area (Å²) in [5.74, 6) is -0.489. The summed E-state index contributed by atoms with van der Waals surface area (Å²) in [7, 11) is 0. The Bertz CT molecular complexity index is 780. The smallest absolute Gasteiger partial charge is 0.286 e. The van der Waals surface area contributed by atoms with Gasteiger partial charge in [-0.1, -0.05) is 29.5 Å². The van der Waals surface area contributed by atoms with Crippen molar-refractivity contribution in [2.24, 2.45) is 0 Å². The quantitative estimate of drug-likeness (QED) is 0.557. The van der Waals surface area contributed by atoms with Gasteiger partial charge < -0.3 is 20.1 Å². The second-order valence-electron chi connectivity index (χ2n) is 6.47. The van der Waals surface area contributed by atoms with Crippen LogP contribution in [0.2, 0.25) is 0 Å². The summed E-state index contributed by atoms with van der Waals surface area (Å²) in [6.45, 7) is 5.10. The van der Waals surface area contributed by atoms with E-state index in [0.717, 1.165) is 50.6 Å². The Morgan fingerprint density at radius 1 is 1.17 bits per heavy atom. The van der Waals surface area contributed by atoms with Gasteiger partial charge in [0, 0.05) is 25.3 Å². The summed E-state index contributed by atoms with van der Waals surface area (Å²) in [6, 6.07) is 9.13. The highest BCUT2D eigenvalue weighted by atomic mass is 32.1. The van der Waals surface area contributed by atoms with Crippen LogP contribution in [0.25, 0.3) is 0 Å². The lowest BCUT2D eigenvalue weighted by Gasteiger charge is -2.26. The van der Waals surface area contributed by atoms with Crippen molar-refractivity contribution in [1.82, 2.24) is 20.4 Å². The molecule has 1 saturated heterocycles. The van der Waals surface area contributed by atoms with Crippen LogP contribution in [0.3, 0.4) is 0 Å². The number of carbonyl (C=O) groups is 2. The zero-order chi connectivity index (χ0) is 20.3. The second-order valence-corrected chi connectivity index (χ2v) is 7.53. The van der Waals surface area contributed by atoms with Crippen molar-refractivity contribution >= 4 is 28.8 Å². The molecule has 0 saturated carbocycles. The molecule has 1 aromatic carbocycles. The van der Waals surface area contributed by atoms with Crippen LogP contribution in [0.1, 0.15) is 21.2 Å². The molecule has 2 amide bonds. The molecule has 0 aliphatic carbocycles. The Kier molecular flexibility index (Phi) is 8.50. The van der Waals surface area contributed by atoms with E-state index in [1.165, 1.54) is 0 Å². The summed E-state index contributed by atoms with van der Waals surface area (Å²) in [6.07, 6.45) is 0.891. The van der Waals surface area contributed by atoms with Crippen LogP contribution in [-0.2, 0) is 20.9 Å². The topological polar surface area (TPSA) is 106 Å². The van der Waals surface area contributed by atoms with Gasteiger partial charge in [-0.3, -0.25) is 14.5 Å². The number of morpholine rings is 1. The highest BCUT2D eigenvalue weighted by Gasteiger charge is 2.14. The van der Waals surface area contributed by atoms with Crippen molar-refractivity contribution in [2.45, 2.75) is 13.0 Å². The Morgan fingerprint density at radius 3 is 2.76 bits per heavy atom. The van der Waals surface area contributed by atoms with E-state index in [1.807, 2.05) is 18.2 Å². The monoisotopic (exact) mass is 419 g/mol. The predicted molar refractivity (Wildman–Crippen MR) is 109 cm³/mol. The Balaban J connectivity index is 1.29. The molecule has 0 atom stereocenters. The first-order chi connectivity index (χ1) is 14.2. The van der Waals surface area contributed by atoms with Gasteiger partial charge in [0.2, 0.25) is 10.9 Å². The van der Waals surface area contributed by atoms with E-state index in [-0.39, 0.29) is 30.0 Å². The molecule has 29 heavy (non-hydrogen) atoms. The SMILES string of the molecule is O=C(COCc1nnc(C(=O)Nc2ccccc2)s1)NCCCN1CCOCC1. The third kappa shape index (κ3) is 7.50. The van der Waals surface area contributed by atoms with Crippen LogP contribution in [0.4, 0.5) is 5.69 Å². The van der Waals surface area contributed by atoms with Gasteiger partial charge in [-0.25, -0.2) is 0 Å². The first-order valence-electron chi connectivity index (χ1n) is 9.54. The third-order valence-electron chi connectivity index (χ3n) is 4.23. The fourth-order valence-electron chi connectivity index (χ4n) is 2.75. The average molecular weight is 420 g/mol. The predicted octanol–water partition coefficient (Wildman–Crippen LogP) is 1.15. The molecular weight excluding hydrogens is 394 g/mol. The minimum absolute atomic E-state index is 0.0529. The summed E-state index contributed by atoms with van der Waals surface area (Å²) >= 11 is 1.14. The number of hydrogen-bond donors (Lipinski definition) is 2. The van der Waals surface area contributed by atoms with E-state index in [0.29, 0.717) is 17.2 Å². The molecule has 0 bridgehead atoms. The number of nitrogens with one attached hydrogen (secondary N) is 2. The van der Waals surface area contributed by atoms with Crippen LogP contribution >= 0.6 is 11.3 Å². The van der Waals surface area contributed by atoms with Gasteiger partial charge in [0.1, 0.15) is 18.2 Å². The molecule has 1 aliphatic heterocycles. The number of rotatable bonds is 10. The highest BCUT2D eigenvalue weighted by Crippen LogP contribution is 2.13. The molecule has 156 valence electrons. The lowest BCUT2D eigenvalue weighted by molar-refractivity contribution is -0.126. The standard InChI is InChI=1S/C19H25N5O4S/c25-16(20-7-4-8-24-9-11-27-12-10-24)13-28-14-17-22-23-19(29-17)18(26)21-15-5-2-1-3-6-15/h1-3,5-6H,4,7-14H2,(H,20,25)(H,21,26). The van der Waals surface area contributed by atoms with Crippen molar-refractivity contribution < 1.29 is 19.1 Å². The van der Waals surface area contributed by atoms with Crippen LogP contribution in [0.15, 0.2) is 30.3 Å². The van der Waals surface area contributed by atoms with Gasteiger partial charge in [-0.15, -0.1) is 10.2 Å². The molecule has 2 N–H and O–H groups in total. The van der Waals surface area contributed by atoms with Gasteiger partial charge in [0.05, 0.1) is 13.2 Å². The lowest BCUT2D eigenvalue weighted by atomic mass is 10.3. The molecule has 0 radical (unpaired) electrons. The zero-order valence-electron chi connectivity index (χ0n) is 16.1. The Morgan fingerprint density at radius 2 is 1.97 bits per heavy atom. The van der Waals surface area contributed by atoms with Crippen molar-refractivity contribution in [3.63, 3.8) is 0 Å². The molecule has 0 unspecified atom stereocenters. The zero-order valence-corrected chi connectivity index (χ0v) is 17.0. The minimum Gasteiger partial charge on any atom is -0.379 e. The minimum atomic E-state index is -0.321. The number of hydrogen-bond acceptors (Lipinski definition) is 8. The number of nitrogens with zero attached hydrogens (tertiary/aromatic N) is 3. The highest BCUT2D eigenvalue weighted by molar-refractivity contribution is 7.13. The molecule has 9 nitrogen and oxygen atoms in total. The fraction of sp³-hybridized carbons (Fsp3) is 0.474. The van der Waals surface area contributed by atoms with Crippen LogP contribution < -0.4 is 10.6 Å². The van der Waals surface area contributed by atoms with Gasteiger partial charge in [-0.05, 0) is 25.1 Å². The summed E-state index contributed by atoms with van der Waals surface area (Å²) in [5.41, 5.74) is 0.691. The summed E-state index contributed by atoms with van der Waals surface area (Å²) < 4.78 is 10.7. The molecule has 2 heterocycles. The van der Waals surface area contributed by atoms with E-state index in [4.69, 9.17) is 9.47 Å². The van der Waals surface area contributed by atoms with E-state index < -0.39 is 0 Å². The van der Waals surface area contributed by atoms with Crippen LogP contribution in [-0.4, -0.2) is 72.9 Å². The summed E-state index contributed by atoms with van der Waals surface area (Å²) in [4.78, 5) is 26.3. The number of ether oxygens (including phenoxy) is 2. The molecule has 2 aromatic rings. The van der Waals surface area contributed by atoms with Crippen LogP contribution in [0.5, 0.6) is 0 Å². The third-order valence-corrected chi connectivity index (χ3v) is 5.12. The molecule has 10 heteroatoms. The van der Waals surface area contributed by atoms with Gasteiger partial charge in [0.25, 0.3) is 5.91 Å². The second kappa shape index (κ2) is 11.6. The number of amides is 2. The van der Waals surface area contributed by atoms with E-state index in [1.54, 1.807) is 12.1 Å². The van der Waals surface area contributed by atoms with Gasteiger partial charge >= 0.3 is 0 Å². The maximum atomic E-state index is 12.2. The number of carbonyl (C=O) groups excluding carboxylic acids is 2. The van der Waals surface area contributed by atoms with Gasteiger partial charge in [-0.2, -0.15) is 0 Å². The first-order valence-corrected chi connectivity index (χ1v) is 10.4. The van der Waals surface area contributed by atoms with Crippen molar-refractivity contribution in [1.29, 1.82) is 0 Å². The lowest BCUT2D eigenvalue weighted by Crippen LogP contribution is -2.38. The van der Waals surface area contributed by atoms with Crippen molar-refractivity contribution in [3.8, 4) is 0 Å². The van der Waals surface area contributed by atoms with Gasteiger partial charge in [0.15, 0.2) is 0 Å². The van der Waals surface area contributed by atoms with Crippen molar-refractivity contribution in [3.05, 3.63) is 40.3 Å². The average Bonchev–Trinajstić information content (AvgIpc) is 3.22. The Labute approximate surface area is 173 Å². The number of aromatic nitrogens is 2. The van der Waals surface area contributed by atoms with E-state index in [9.17, 15) is 9.59 Å². The van der Waals surface area contributed by atoms with Crippen molar-refractivity contribution in [2.75, 3.05) is 51.3 Å². The van der Waals surface area contributed by atoms with E-state index in [2.05, 4.69) is 25.7 Å². The number of benzene rings is 1. The Hall–Kier alpha value is -2.40. The maximum absolute atomic E-state index is 12.2. The molecule has 1 aromatic heterocycles. The normalized spacial score (nSPS) is 14.5. The summed E-state index contributed by atoms with van der Waals surface area (Å²) in [5, 5.41) is 14.2. The molecule has 0 spiro atoms. The first kappa shape index (κ1) is 21.3. The number of para-hydroxylation sites is 1. The number of anilines is 1.